The highest BCUT2D eigenvalue weighted by Gasteiger charge is 2.32. The molecule has 0 bridgehead atoms. The van der Waals surface area contributed by atoms with Crippen molar-refractivity contribution in [3.8, 4) is 11.5 Å². The first-order chi connectivity index (χ1) is 18.5. The van der Waals surface area contributed by atoms with E-state index in [1.165, 1.54) is 78.9 Å². The second-order valence-corrected chi connectivity index (χ2v) is 11.9. The Hall–Kier alpha value is -4.88. The second-order valence-electron chi connectivity index (χ2n) is 8.50. The highest BCUT2D eigenvalue weighted by molar-refractivity contribution is 7.93. The molecule has 0 saturated heterocycles. The van der Waals surface area contributed by atoms with Gasteiger partial charge in [-0.2, -0.15) is 0 Å². The molecule has 0 unspecified atom stereocenters. The normalized spacial score (nSPS) is 13.9. The number of hydrogen-bond acceptors (Lipinski definition) is 9. The lowest BCUT2D eigenvalue weighted by atomic mass is 9.83. The smallest absolute Gasteiger partial charge is 0.261 e. The summed E-state index contributed by atoms with van der Waals surface area (Å²) in [5.41, 5.74) is 0.154. The Morgan fingerprint density at radius 1 is 0.590 bits per heavy atom. The Morgan fingerprint density at radius 3 is 1.56 bits per heavy atom. The number of oxime groups is 1. The van der Waals surface area contributed by atoms with Crippen LogP contribution in [0.15, 0.2) is 99.9 Å². The number of aromatic hydroxyl groups is 2. The molecule has 13 heteroatoms. The molecule has 198 valence electrons. The van der Waals surface area contributed by atoms with Crippen molar-refractivity contribution in [2.24, 2.45) is 5.16 Å². The van der Waals surface area contributed by atoms with Gasteiger partial charge in [-0.15, -0.1) is 0 Å². The van der Waals surface area contributed by atoms with Crippen molar-refractivity contribution in [2.45, 2.75) is 9.79 Å². The summed E-state index contributed by atoms with van der Waals surface area (Å²) in [4.78, 5) is 12.9. The fraction of sp³-hybridized carbons (Fsp3) is 0. The number of ketones is 1. The van der Waals surface area contributed by atoms with Gasteiger partial charge in [0.25, 0.3) is 20.0 Å². The summed E-state index contributed by atoms with van der Waals surface area (Å²) in [6, 6.07) is 18.2. The van der Waals surface area contributed by atoms with Crippen molar-refractivity contribution in [1.29, 1.82) is 0 Å². The maximum Gasteiger partial charge on any atom is 0.261 e. The third-order valence-corrected chi connectivity index (χ3v) is 8.66. The minimum Gasteiger partial charge on any atom is -0.508 e. The Balaban J connectivity index is 1.52. The van der Waals surface area contributed by atoms with Crippen molar-refractivity contribution in [3.63, 3.8) is 0 Å². The lowest BCUT2D eigenvalue weighted by Crippen LogP contribution is -2.24. The van der Waals surface area contributed by atoms with Gasteiger partial charge in [0, 0.05) is 34.4 Å². The molecule has 1 aliphatic carbocycles. The second kappa shape index (κ2) is 9.45. The summed E-state index contributed by atoms with van der Waals surface area (Å²) < 4.78 is 56.5. The van der Waals surface area contributed by atoms with Gasteiger partial charge in [-0.1, -0.05) is 23.4 Å². The standard InChI is InChI=1S/C26H19N3O8S2/c30-17-5-1-3-15(11-17)28-38(34,35)19-8-10-22-23(13-19)25(27-33)21-9-7-20(14-24(21)26(22)32)39(36,37)29-16-4-2-6-18(31)12-16/h1-14,28-31,33H. The number of nitrogens with one attached hydrogen (secondary N) is 2. The van der Waals surface area contributed by atoms with Crippen molar-refractivity contribution in [3.05, 3.63) is 107 Å². The van der Waals surface area contributed by atoms with Crippen LogP contribution in [0.1, 0.15) is 27.0 Å². The maximum absolute atomic E-state index is 13.4. The van der Waals surface area contributed by atoms with E-state index in [0.717, 1.165) is 6.07 Å². The quantitative estimate of drug-likeness (QED) is 0.153. The number of phenols is 2. The van der Waals surface area contributed by atoms with Gasteiger partial charge in [-0.05, 0) is 54.6 Å². The lowest BCUT2D eigenvalue weighted by Gasteiger charge is -2.21. The predicted octanol–water partition coefficient (Wildman–Crippen LogP) is 3.47. The molecule has 4 aromatic carbocycles. The molecule has 11 nitrogen and oxygen atoms in total. The van der Waals surface area contributed by atoms with Crippen LogP contribution in [-0.2, 0) is 20.0 Å². The van der Waals surface area contributed by atoms with Gasteiger partial charge in [0.1, 0.15) is 17.2 Å². The fourth-order valence-corrected chi connectivity index (χ4v) is 6.28. The molecule has 39 heavy (non-hydrogen) atoms. The van der Waals surface area contributed by atoms with E-state index < -0.39 is 25.8 Å². The number of rotatable bonds is 6. The van der Waals surface area contributed by atoms with E-state index >= 15 is 0 Å². The number of carbonyl (C=O) groups excluding carboxylic acids is 1. The number of anilines is 2. The molecule has 5 N–H and O–H groups in total. The van der Waals surface area contributed by atoms with Gasteiger partial charge in [0.15, 0.2) is 5.78 Å². The molecule has 0 saturated carbocycles. The Kier molecular flexibility index (Phi) is 6.24. The topological polar surface area (TPSA) is 182 Å². The van der Waals surface area contributed by atoms with Crippen molar-refractivity contribution in [1.82, 2.24) is 0 Å². The molecule has 0 aromatic heterocycles. The van der Waals surface area contributed by atoms with Crippen LogP contribution in [0, 0.1) is 0 Å². The first kappa shape index (κ1) is 25.8. The molecule has 0 fully saturated rings. The Bertz CT molecular complexity index is 1900. The molecular formula is C26H19N3O8S2. The first-order valence-electron chi connectivity index (χ1n) is 11.2. The number of phenolic OH excluding ortho intramolecular Hbond substituents is 2. The summed E-state index contributed by atoms with van der Waals surface area (Å²) in [5, 5.41) is 32.3. The predicted molar refractivity (Wildman–Crippen MR) is 142 cm³/mol. The zero-order valence-electron chi connectivity index (χ0n) is 19.7. The van der Waals surface area contributed by atoms with E-state index in [9.17, 15) is 37.1 Å². The van der Waals surface area contributed by atoms with E-state index in [0.29, 0.717) is 0 Å². The number of fused-ring (bicyclic) bond motifs is 2. The van der Waals surface area contributed by atoms with E-state index in [2.05, 4.69) is 14.6 Å². The number of benzene rings is 4. The van der Waals surface area contributed by atoms with Crippen LogP contribution in [0.2, 0.25) is 0 Å². The molecule has 0 spiro atoms. The van der Waals surface area contributed by atoms with E-state index in [4.69, 9.17) is 0 Å². The number of carbonyl (C=O) groups is 1. The van der Waals surface area contributed by atoms with Gasteiger partial charge in [-0.3, -0.25) is 14.2 Å². The third kappa shape index (κ3) is 4.87. The SMILES string of the molecule is O=C1c2cc(S(=O)(=O)Nc3cccc(O)c3)ccc2C(=NO)c2cc(S(=O)(=O)Nc3cccc(O)c3)ccc21. The van der Waals surface area contributed by atoms with Crippen LogP contribution in [0.4, 0.5) is 11.4 Å². The molecule has 0 radical (unpaired) electrons. The largest absolute Gasteiger partial charge is 0.508 e. The van der Waals surface area contributed by atoms with Crippen molar-refractivity contribution >= 4 is 42.9 Å². The summed E-state index contributed by atoms with van der Waals surface area (Å²) in [5.74, 6) is -0.891. The molecule has 4 aromatic rings. The minimum absolute atomic E-state index is 0.00194. The minimum atomic E-state index is -4.17. The van der Waals surface area contributed by atoms with Crippen LogP contribution in [-0.4, -0.2) is 43.8 Å². The fourth-order valence-electron chi connectivity index (χ4n) is 4.13. The van der Waals surface area contributed by atoms with Crippen LogP contribution < -0.4 is 9.44 Å². The van der Waals surface area contributed by atoms with Crippen LogP contribution in [0.25, 0.3) is 0 Å². The molecule has 0 amide bonds. The molecular weight excluding hydrogens is 546 g/mol. The van der Waals surface area contributed by atoms with Crippen LogP contribution in [0.5, 0.6) is 11.5 Å². The van der Waals surface area contributed by atoms with Crippen molar-refractivity contribution in [2.75, 3.05) is 9.44 Å². The van der Waals surface area contributed by atoms with E-state index in [1.54, 1.807) is 0 Å². The molecule has 0 aliphatic heterocycles. The van der Waals surface area contributed by atoms with E-state index in [-0.39, 0.29) is 60.6 Å². The zero-order valence-corrected chi connectivity index (χ0v) is 21.4. The molecule has 0 heterocycles. The van der Waals surface area contributed by atoms with Gasteiger partial charge < -0.3 is 15.4 Å². The van der Waals surface area contributed by atoms with Crippen LogP contribution in [0.3, 0.4) is 0 Å². The monoisotopic (exact) mass is 565 g/mol. The molecule has 1 aliphatic rings. The average Bonchev–Trinajstić information content (AvgIpc) is 2.88. The van der Waals surface area contributed by atoms with Gasteiger partial charge >= 0.3 is 0 Å². The third-order valence-electron chi connectivity index (χ3n) is 5.90. The highest BCUT2D eigenvalue weighted by atomic mass is 32.2. The summed E-state index contributed by atoms with van der Waals surface area (Å²) in [6.45, 7) is 0. The number of hydrogen-bond donors (Lipinski definition) is 5. The number of sulfonamides is 2. The van der Waals surface area contributed by atoms with Crippen molar-refractivity contribution < 1.29 is 37.1 Å². The van der Waals surface area contributed by atoms with Crippen LogP contribution >= 0.6 is 0 Å². The zero-order chi connectivity index (χ0) is 27.9. The van der Waals surface area contributed by atoms with Gasteiger partial charge in [-0.25, -0.2) is 16.8 Å². The summed E-state index contributed by atoms with van der Waals surface area (Å²) in [7, 11) is -8.33. The summed E-state index contributed by atoms with van der Waals surface area (Å²) >= 11 is 0. The Morgan fingerprint density at radius 2 is 1.08 bits per heavy atom. The highest BCUT2D eigenvalue weighted by Crippen LogP contribution is 2.32. The maximum atomic E-state index is 13.4. The van der Waals surface area contributed by atoms with E-state index in [1.807, 2.05) is 0 Å². The first-order valence-corrected chi connectivity index (χ1v) is 14.1. The summed E-state index contributed by atoms with van der Waals surface area (Å²) in [6.07, 6.45) is 0. The Labute approximate surface area is 222 Å². The average molecular weight is 566 g/mol. The molecule has 0 atom stereocenters. The lowest BCUT2D eigenvalue weighted by molar-refractivity contribution is 0.103. The van der Waals surface area contributed by atoms with Gasteiger partial charge in [0.2, 0.25) is 0 Å². The molecule has 5 rings (SSSR count). The number of nitrogens with zero attached hydrogens (tertiary/aromatic N) is 1. The van der Waals surface area contributed by atoms with Gasteiger partial charge in [0.05, 0.1) is 21.2 Å².